The Hall–Kier alpha value is -2.24. The van der Waals surface area contributed by atoms with Crippen LogP contribution < -0.4 is 20.3 Å². The van der Waals surface area contributed by atoms with Crippen molar-refractivity contribution in [3.8, 4) is 11.5 Å². The van der Waals surface area contributed by atoms with Crippen molar-refractivity contribution in [3.05, 3.63) is 23.8 Å². The van der Waals surface area contributed by atoms with E-state index in [-0.39, 0.29) is 17.9 Å². The third kappa shape index (κ3) is 5.81. The summed E-state index contributed by atoms with van der Waals surface area (Å²) < 4.78 is 10.8. The number of hydrogen-bond donors (Lipinski definition) is 2. The molecule has 0 aliphatic heterocycles. The average molecular weight is 322 g/mol. The lowest BCUT2D eigenvalue weighted by atomic mass is 10.1. The number of hydrazine groups is 1. The molecule has 0 aliphatic carbocycles. The third-order valence-corrected chi connectivity index (χ3v) is 3.26. The molecule has 1 aromatic rings. The molecule has 0 saturated carbocycles. The molecule has 0 saturated heterocycles. The maximum Gasteiger partial charge on any atom is 0.269 e. The van der Waals surface area contributed by atoms with E-state index in [0.717, 1.165) is 12.8 Å². The summed E-state index contributed by atoms with van der Waals surface area (Å²) in [5.41, 5.74) is 5.23. The number of benzene rings is 1. The van der Waals surface area contributed by atoms with Gasteiger partial charge in [0.1, 0.15) is 0 Å². The minimum absolute atomic E-state index is 0.00270. The van der Waals surface area contributed by atoms with Crippen LogP contribution in [0.5, 0.6) is 11.5 Å². The van der Waals surface area contributed by atoms with Crippen molar-refractivity contribution in [2.75, 3.05) is 7.11 Å². The van der Waals surface area contributed by atoms with Crippen LogP contribution in [0.4, 0.5) is 0 Å². The fourth-order valence-electron chi connectivity index (χ4n) is 2.04. The molecule has 0 spiro atoms. The van der Waals surface area contributed by atoms with Gasteiger partial charge in [0.2, 0.25) is 5.91 Å². The molecule has 6 heteroatoms. The maximum atomic E-state index is 12.1. The van der Waals surface area contributed by atoms with E-state index in [9.17, 15) is 9.59 Å². The number of nitrogens with one attached hydrogen (secondary N) is 2. The summed E-state index contributed by atoms with van der Waals surface area (Å²) in [6, 6.07) is 4.88. The van der Waals surface area contributed by atoms with E-state index < -0.39 is 5.91 Å². The van der Waals surface area contributed by atoms with Gasteiger partial charge in [0.05, 0.1) is 13.2 Å². The normalized spacial score (nSPS) is 11.7. The summed E-state index contributed by atoms with van der Waals surface area (Å²) >= 11 is 0. The quantitative estimate of drug-likeness (QED) is 0.757. The molecule has 2 amide bonds. The number of carbonyl (C=O) groups is 2. The van der Waals surface area contributed by atoms with E-state index in [4.69, 9.17) is 9.47 Å². The van der Waals surface area contributed by atoms with E-state index in [1.54, 1.807) is 18.2 Å². The average Bonchev–Trinajstić information content (AvgIpc) is 2.52. The van der Waals surface area contributed by atoms with Gasteiger partial charge in [0.15, 0.2) is 11.5 Å². The van der Waals surface area contributed by atoms with Crippen molar-refractivity contribution in [3.63, 3.8) is 0 Å². The first-order chi connectivity index (χ1) is 10.9. The van der Waals surface area contributed by atoms with E-state index in [2.05, 4.69) is 10.9 Å². The van der Waals surface area contributed by atoms with Crippen molar-refractivity contribution in [1.29, 1.82) is 0 Å². The molecule has 0 aliphatic rings. The van der Waals surface area contributed by atoms with Crippen LogP contribution in [0, 0.1) is 5.92 Å². The van der Waals surface area contributed by atoms with Gasteiger partial charge in [0.25, 0.3) is 5.91 Å². The van der Waals surface area contributed by atoms with Crippen molar-refractivity contribution in [2.24, 2.45) is 5.92 Å². The molecule has 1 rings (SSSR count). The second-order valence-electron chi connectivity index (χ2n) is 5.67. The zero-order chi connectivity index (χ0) is 17.4. The number of hydrogen-bond acceptors (Lipinski definition) is 4. The number of carbonyl (C=O) groups excluding carboxylic acids is 2. The SMILES string of the molecule is CCCC(C)C(=O)NNC(=O)c1ccc(OC(C)C)c(OC)c1. The molecular weight excluding hydrogens is 296 g/mol. The van der Waals surface area contributed by atoms with Gasteiger partial charge in [-0.3, -0.25) is 20.4 Å². The molecule has 1 aromatic carbocycles. The van der Waals surface area contributed by atoms with E-state index in [0.29, 0.717) is 17.1 Å². The Labute approximate surface area is 137 Å². The van der Waals surface area contributed by atoms with Crippen LogP contribution in [0.1, 0.15) is 50.9 Å². The van der Waals surface area contributed by atoms with Gasteiger partial charge in [-0.15, -0.1) is 0 Å². The van der Waals surface area contributed by atoms with Gasteiger partial charge < -0.3 is 9.47 Å². The first kappa shape index (κ1) is 18.8. The van der Waals surface area contributed by atoms with Crippen LogP contribution in [-0.2, 0) is 4.79 Å². The number of methoxy groups -OCH3 is 1. The monoisotopic (exact) mass is 322 g/mol. The Morgan fingerprint density at radius 1 is 1.13 bits per heavy atom. The molecule has 2 N–H and O–H groups in total. The largest absolute Gasteiger partial charge is 0.493 e. The van der Waals surface area contributed by atoms with Crippen molar-refractivity contribution in [1.82, 2.24) is 10.9 Å². The van der Waals surface area contributed by atoms with Crippen LogP contribution in [0.3, 0.4) is 0 Å². The molecule has 0 heterocycles. The standard InChI is InChI=1S/C17H26N2O4/c1-6-7-12(4)16(20)18-19-17(21)13-8-9-14(23-11(2)3)15(10-13)22-5/h8-12H,6-7H2,1-5H3,(H,18,20)(H,19,21). The van der Waals surface area contributed by atoms with Crippen LogP contribution in [0.2, 0.25) is 0 Å². The van der Waals surface area contributed by atoms with E-state index >= 15 is 0 Å². The number of ether oxygens (including phenoxy) is 2. The summed E-state index contributed by atoms with van der Waals surface area (Å²) in [7, 11) is 1.51. The van der Waals surface area contributed by atoms with Gasteiger partial charge in [-0.1, -0.05) is 20.3 Å². The molecule has 23 heavy (non-hydrogen) atoms. The van der Waals surface area contributed by atoms with E-state index in [1.807, 2.05) is 27.7 Å². The Morgan fingerprint density at radius 2 is 1.83 bits per heavy atom. The molecule has 1 unspecified atom stereocenters. The minimum atomic E-state index is -0.406. The van der Waals surface area contributed by atoms with E-state index in [1.165, 1.54) is 7.11 Å². The zero-order valence-corrected chi connectivity index (χ0v) is 14.4. The Balaban J connectivity index is 2.71. The fourth-order valence-corrected chi connectivity index (χ4v) is 2.04. The highest BCUT2D eigenvalue weighted by Crippen LogP contribution is 2.28. The summed E-state index contributed by atoms with van der Waals surface area (Å²) in [6.45, 7) is 7.65. The van der Waals surface area contributed by atoms with Gasteiger partial charge >= 0.3 is 0 Å². The number of rotatable bonds is 7. The summed E-state index contributed by atoms with van der Waals surface area (Å²) in [4.78, 5) is 23.9. The highest BCUT2D eigenvalue weighted by molar-refractivity contribution is 5.96. The first-order valence-corrected chi connectivity index (χ1v) is 7.83. The second kappa shape index (κ2) is 9.02. The predicted octanol–water partition coefficient (Wildman–Crippen LogP) is 2.68. The van der Waals surface area contributed by atoms with Crippen LogP contribution in [0.15, 0.2) is 18.2 Å². The Bertz CT molecular complexity index is 543. The van der Waals surface area contributed by atoms with Crippen LogP contribution >= 0.6 is 0 Å². The molecule has 0 fully saturated rings. The molecular formula is C17H26N2O4. The Morgan fingerprint density at radius 3 is 2.39 bits per heavy atom. The maximum absolute atomic E-state index is 12.1. The van der Waals surface area contributed by atoms with Gasteiger partial charge in [-0.25, -0.2) is 0 Å². The van der Waals surface area contributed by atoms with Gasteiger partial charge in [-0.05, 0) is 38.5 Å². The molecule has 0 bridgehead atoms. The van der Waals surface area contributed by atoms with Crippen LogP contribution in [0.25, 0.3) is 0 Å². The lowest BCUT2D eigenvalue weighted by molar-refractivity contribution is -0.125. The van der Waals surface area contributed by atoms with Crippen molar-refractivity contribution < 1.29 is 19.1 Å². The molecule has 0 aromatic heterocycles. The molecule has 0 radical (unpaired) electrons. The smallest absolute Gasteiger partial charge is 0.269 e. The van der Waals surface area contributed by atoms with Gasteiger partial charge in [-0.2, -0.15) is 0 Å². The highest BCUT2D eigenvalue weighted by Gasteiger charge is 2.15. The first-order valence-electron chi connectivity index (χ1n) is 7.83. The van der Waals surface area contributed by atoms with Gasteiger partial charge in [0, 0.05) is 11.5 Å². The summed E-state index contributed by atoms with van der Waals surface area (Å²) in [5, 5.41) is 0. The second-order valence-corrected chi connectivity index (χ2v) is 5.67. The number of amides is 2. The Kier molecular flexibility index (Phi) is 7.38. The van der Waals surface area contributed by atoms with Crippen molar-refractivity contribution >= 4 is 11.8 Å². The fraction of sp³-hybridized carbons (Fsp3) is 0.529. The zero-order valence-electron chi connectivity index (χ0n) is 14.4. The van der Waals surface area contributed by atoms with Crippen LogP contribution in [-0.4, -0.2) is 25.0 Å². The van der Waals surface area contributed by atoms with Crippen molar-refractivity contribution in [2.45, 2.75) is 46.6 Å². The summed E-state index contributed by atoms with van der Waals surface area (Å²) in [6.07, 6.45) is 1.69. The molecule has 128 valence electrons. The highest BCUT2D eigenvalue weighted by atomic mass is 16.5. The molecule has 1 atom stereocenters. The lowest BCUT2D eigenvalue weighted by Crippen LogP contribution is -2.44. The topological polar surface area (TPSA) is 76.7 Å². The lowest BCUT2D eigenvalue weighted by Gasteiger charge is -2.15. The third-order valence-electron chi connectivity index (χ3n) is 3.26. The predicted molar refractivity (Wildman–Crippen MR) is 88.4 cm³/mol. The molecule has 6 nitrogen and oxygen atoms in total. The summed E-state index contributed by atoms with van der Waals surface area (Å²) in [5.74, 6) is 0.289. The minimum Gasteiger partial charge on any atom is -0.493 e.